The topological polar surface area (TPSA) is 59.8 Å². The van der Waals surface area contributed by atoms with Gasteiger partial charge in [0.25, 0.3) is 0 Å². The SMILES string of the molecule is CCC(C(=O)Nc1ccn(CCc2ccccn2)n1)c1ccccc1. The predicted octanol–water partition coefficient (Wildman–Crippen LogP) is 3.65. The Kier molecular flexibility index (Phi) is 5.57. The van der Waals surface area contributed by atoms with Crippen LogP contribution in [0.4, 0.5) is 5.82 Å². The second-order valence-corrected chi connectivity index (χ2v) is 5.90. The summed E-state index contributed by atoms with van der Waals surface area (Å²) in [5, 5.41) is 7.36. The van der Waals surface area contributed by atoms with Gasteiger partial charge in [-0.2, -0.15) is 5.10 Å². The lowest BCUT2D eigenvalue weighted by Crippen LogP contribution is -2.21. The summed E-state index contributed by atoms with van der Waals surface area (Å²) in [4.78, 5) is 16.9. The molecule has 0 spiro atoms. The number of carbonyl (C=O) groups excluding carboxylic acids is 1. The number of pyridine rings is 1. The number of aryl methyl sites for hydroxylation is 2. The summed E-state index contributed by atoms with van der Waals surface area (Å²) in [5.41, 5.74) is 2.05. The summed E-state index contributed by atoms with van der Waals surface area (Å²) in [7, 11) is 0. The van der Waals surface area contributed by atoms with Crippen LogP contribution >= 0.6 is 0 Å². The van der Waals surface area contributed by atoms with Gasteiger partial charge in [0.2, 0.25) is 5.91 Å². The highest BCUT2D eigenvalue weighted by atomic mass is 16.2. The number of nitrogens with zero attached hydrogens (tertiary/aromatic N) is 3. The van der Waals surface area contributed by atoms with Gasteiger partial charge in [-0.3, -0.25) is 14.5 Å². The van der Waals surface area contributed by atoms with Crippen molar-refractivity contribution in [1.29, 1.82) is 0 Å². The Labute approximate surface area is 147 Å². The summed E-state index contributed by atoms with van der Waals surface area (Å²) < 4.78 is 1.83. The molecule has 0 saturated heterocycles. The molecule has 1 aromatic carbocycles. The fourth-order valence-electron chi connectivity index (χ4n) is 2.80. The van der Waals surface area contributed by atoms with Crippen molar-refractivity contribution in [3.05, 3.63) is 78.2 Å². The van der Waals surface area contributed by atoms with Gasteiger partial charge in [-0.1, -0.05) is 43.3 Å². The van der Waals surface area contributed by atoms with E-state index in [9.17, 15) is 4.79 Å². The van der Waals surface area contributed by atoms with Crippen LogP contribution in [0.15, 0.2) is 67.0 Å². The second kappa shape index (κ2) is 8.24. The van der Waals surface area contributed by atoms with Gasteiger partial charge in [0, 0.05) is 37.1 Å². The highest BCUT2D eigenvalue weighted by Gasteiger charge is 2.19. The monoisotopic (exact) mass is 334 g/mol. The van der Waals surface area contributed by atoms with Gasteiger partial charge in [-0.05, 0) is 24.1 Å². The maximum absolute atomic E-state index is 12.6. The zero-order valence-electron chi connectivity index (χ0n) is 14.3. The largest absolute Gasteiger partial charge is 0.309 e. The van der Waals surface area contributed by atoms with Gasteiger partial charge in [0.15, 0.2) is 5.82 Å². The lowest BCUT2D eigenvalue weighted by atomic mass is 9.96. The van der Waals surface area contributed by atoms with Crippen molar-refractivity contribution < 1.29 is 4.79 Å². The van der Waals surface area contributed by atoms with Crippen molar-refractivity contribution in [2.24, 2.45) is 0 Å². The third kappa shape index (κ3) is 4.53. The van der Waals surface area contributed by atoms with Crippen molar-refractivity contribution in [3.63, 3.8) is 0 Å². The van der Waals surface area contributed by atoms with Crippen LogP contribution in [-0.4, -0.2) is 20.7 Å². The van der Waals surface area contributed by atoms with Crippen LogP contribution < -0.4 is 5.32 Å². The lowest BCUT2D eigenvalue weighted by molar-refractivity contribution is -0.117. The van der Waals surface area contributed by atoms with E-state index in [1.807, 2.05) is 72.4 Å². The van der Waals surface area contributed by atoms with Crippen LogP contribution in [0.3, 0.4) is 0 Å². The van der Waals surface area contributed by atoms with Gasteiger partial charge in [0.1, 0.15) is 0 Å². The molecule has 0 aliphatic carbocycles. The van der Waals surface area contributed by atoms with E-state index in [1.165, 1.54) is 0 Å². The number of benzene rings is 1. The summed E-state index contributed by atoms with van der Waals surface area (Å²) in [6.07, 6.45) is 5.22. The standard InChI is InChI=1S/C20H22N4O/c1-2-18(16-8-4-3-5-9-16)20(25)22-19-12-15-24(23-19)14-11-17-10-6-7-13-21-17/h3-10,12-13,15,18H,2,11,14H2,1H3,(H,22,23,25). The van der Waals surface area contributed by atoms with Crippen molar-refractivity contribution in [2.45, 2.75) is 32.2 Å². The van der Waals surface area contributed by atoms with Gasteiger partial charge < -0.3 is 5.32 Å². The van der Waals surface area contributed by atoms with Crippen LogP contribution in [0, 0.1) is 0 Å². The number of amides is 1. The highest BCUT2D eigenvalue weighted by Crippen LogP contribution is 2.21. The molecule has 0 aliphatic rings. The molecule has 3 aromatic rings. The number of hydrogen-bond donors (Lipinski definition) is 1. The molecular weight excluding hydrogens is 312 g/mol. The summed E-state index contributed by atoms with van der Waals surface area (Å²) in [6.45, 7) is 2.74. The lowest BCUT2D eigenvalue weighted by Gasteiger charge is -2.14. The van der Waals surface area contributed by atoms with E-state index in [-0.39, 0.29) is 11.8 Å². The highest BCUT2D eigenvalue weighted by molar-refractivity contribution is 5.95. The molecule has 1 atom stereocenters. The Hall–Kier alpha value is -2.95. The minimum absolute atomic E-state index is 0.0244. The molecule has 128 valence electrons. The zero-order chi connectivity index (χ0) is 17.5. The second-order valence-electron chi connectivity index (χ2n) is 5.90. The Bertz CT molecular complexity index is 799. The maximum atomic E-state index is 12.6. The normalized spacial score (nSPS) is 11.9. The van der Waals surface area contributed by atoms with Crippen molar-refractivity contribution in [3.8, 4) is 0 Å². The summed E-state index contributed by atoms with van der Waals surface area (Å²) >= 11 is 0. The molecule has 0 aliphatic heterocycles. The third-order valence-electron chi connectivity index (χ3n) is 4.14. The molecular formula is C20H22N4O. The minimum atomic E-state index is -0.167. The molecule has 1 N–H and O–H groups in total. The maximum Gasteiger partial charge on any atom is 0.233 e. The van der Waals surface area contributed by atoms with Crippen molar-refractivity contribution >= 4 is 11.7 Å². The average Bonchev–Trinajstić information content (AvgIpc) is 3.10. The molecule has 5 nitrogen and oxygen atoms in total. The fraction of sp³-hybridized carbons (Fsp3) is 0.250. The average molecular weight is 334 g/mol. The Morgan fingerprint density at radius 3 is 2.64 bits per heavy atom. The number of rotatable bonds is 7. The van der Waals surface area contributed by atoms with Gasteiger partial charge in [-0.15, -0.1) is 0 Å². The number of hydrogen-bond acceptors (Lipinski definition) is 3. The van der Waals surface area contributed by atoms with E-state index in [1.54, 1.807) is 6.20 Å². The predicted molar refractivity (Wildman–Crippen MR) is 98.3 cm³/mol. The van der Waals surface area contributed by atoms with E-state index in [0.29, 0.717) is 5.82 Å². The molecule has 0 radical (unpaired) electrons. The zero-order valence-corrected chi connectivity index (χ0v) is 14.3. The minimum Gasteiger partial charge on any atom is -0.309 e. The summed E-state index contributed by atoms with van der Waals surface area (Å²) in [5.74, 6) is 0.393. The Morgan fingerprint density at radius 2 is 1.92 bits per heavy atom. The van der Waals surface area contributed by atoms with Gasteiger partial charge in [-0.25, -0.2) is 0 Å². The van der Waals surface area contributed by atoms with Crippen LogP contribution in [0.25, 0.3) is 0 Å². The Balaban J connectivity index is 1.59. The number of aromatic nitrogens is 3. The first-order chi connectivity index (χ1) is 12.3. The van der Waals surface area contributed by atoms with E-state index in [4.69, 9.17) is 0 Å². The molecule has 25 heavy (non-hydrogen) atoms. The molecule has 2 heterocycles. The van der Waals surface area contributed by atoms with Crippen molar-refractivity contribution in [2.75, 3.05) is 5.32 Å². The van der Waals surface area contributed by atoms with Crippen LogP contribution in [0.1, 0.15) is 30.5 Å². The van der Waals surface area contributed by atoms with Crippen LogP contribution in [-0.2, 0) is 17.8 Å². The molecule has 0 fully saturated rings. The van der Waals surface area contributed by atoms with Crippen LogP contribution in [0.2, 0.25) is 0 Å². The van der Waals surface area contributed by atoms with Gasteiger partial charge in [0.05, 0.1) is 5.92 Å². The quantitative estimate of drug-likeness (QED) is 0.717. The Morgan fingerprint density at radius 1 is 1.12 bits per heavy atom. The first-order valence-electron chi connectivity index (χ1n) is 8.55. The van der Waals surface area contributed by atoms with Gasteiger partial charge >= 0.3 is 0 Å². The fourth-order valence-corrected chi connectivity index (χ4v) is 2.80. The molecule has 1 amide bonds. The number of carbonyl (C=O) groups is 1. The number of nitrogens with one attached hydrogen (secondary N) is 1. The van der Waals surface area contributed by atoms with E-state index < -0.39 is 0 Å². The molecule has 1 unspecified atom stereocenters. The van der Waals surface area contributed by atoms with E-state index in [2.05, 4.69) is 15.4 Å². The first-order valence-corrected chi connectivity index (χ1v) is 8.55. The van der Waals surface area contributed by atoms with E-state index >= 15 is 0 Å². The third-order valence-corrected chi connectivity index (χ3v) is 4.14. The molecule has 0 bridgehead atoms. The number of anilines is 1. The molecule has 0 saturated carbocycles. The molecule has 2 aromatic heterocycles. The van der Waals surface area contributed by atoms with Crippen LogP contribution in [0.5, 0.6) is 0 Å². The van der Waals surface area contributed by atoms with Crippen molar-refractivity contribution in [1.82, 2.24) is 14.8 Å². The first kappa shape index (κ1) is 16.9. The smallest absolute Gasteiger partial charge is 0.233 e. The molecule has 3 rings (SSSR count). The molecule has 5 heteroatoms. The van der Waals surface area contributed by atoms with E-state index in [0.717, 1.165) is 30.6 Å². The summed E-state index contributed by atoms with van der Waals surface area (Å²) in [6, 6.07) is 17.5.